The summed E-state index contributed by atoms with van der Waals surface area (Å²) in [6.45, 7) is 7.27. The Balaban J connectivity index is 1.90. The smallest absolute Gasteiger partial charge is 0.244 e. The van der Waals surface area contributed by atoms with Crippen molar-refractivity contribution in [1.82, 2.24) is 10.2 Å². The van der Waals surface area contributed by atoms with Gasteiger partial charge in [0.25, 0.3) is 0 Å². The third-order valence-electron chi connectivity index (χ3n) is 6.60. The number of hydrogen-bond acceptors (Lipinski definition) is 4. The van der Waals surface area contributed by atoms with E-state index in [1.165, 1.54) is 4.90 Å². The van der Waals surface area contributed by atoms with Gasteiger partial charge in [-0.05, 0) is 57.7 Å². The van der Waals surface area contributed by atoms with Crippen molar-refractivity contribution in [1.29, 1.82) is 0 Å². The number of nitrogens with zero attached hydrogens (tertiary/aromatic N) is 2. The average Bonchev–Trinajstić information content (AvgIpc) is 3.28. The molecule has 0 heterocycles. The lowest BCUT2D eigenvalue weighted by Gasteiger charge is -2.32. The van der Waals surface area contributed by atoms with Crippen molar-refractivity contribution in [3.63, 3.8) is 0 Å². The molecule has 7 nitrogen and oxygen atoms in total. The predicted octanol–water partition coefficient (Wildman–Crippen LogP) is 3.85. The number of carbonyl (C=O) groups is 2. The first-order chi connectivity index (χ1) is 16.5. The number of aryl methyl sites for hydroxylation is 3. The van der Waals surface area contributed by atoms with E-state index in [2.05, 4.69) is 5.32 Å². The molecule has 1 saturated carbocycles. The molecule has 0 aromatic heterocycles. The van der Waals surface area contributed by atoms with Gasteiger partial charge in [-0.25, -0.2) is 8.42 Å². The van der Waals surface area contributed by atoms with Crippen molar-refractivity contribution >= 4 is 27.5 Å². The second kappa shape index (κ2) is 11.2. The molecule has 1 aliphatic carbocycles. The second-order valence-electron chi connectivity index (χ2n) is 9.74. The van der Waals surface area contributed by atoms with Gasteiger partial charge in [0.1, 0.15) is 12.6 Å². The highest BCUT2D eigenvalue weighted by Gasteiger charge is 2.31. The molecule has 0 unspecified atom stereocenters. The molecular formula is C27H37N3O4S. The highest BCUT2D eigenvalue weighted by atomic mass is 32.2. The maximum absolute atomic E-state index is 13.7. The van der Waals surface area contributed by atoms with E-state index in [1.54, 1.807) is 13.0 Å². The van der Waals surface area contributed by atoms with E-state index in [9.17, 15) is 18.0 Å². The Morgan fingerprint density at radius 1 is 1.03 bits per heavy atom. The Kier molecular flexibility index (Phi) is 8.59. The SMILES string of the molecule is Cc1cccc(CN(C(=O)CN(c2ccc(C)cc2C)S(C)(=O)=O)[C@@H](C)C(=O)NC2CCCC2)c1. The van der Waals surface area contributed by atoms with E-state index in [4.69, 9.17) is 0 Å². The third-order valence-corrected chi connectivity index (χ3v) is 7.73. The molecular weight excluding hydrogens is 462 g/mol. The van der Waals surface area contributed by atoms with Gasteiger partial charge in [-0.3, -0.25) is 13.9 Å². The lowest BCUT2D eigenvalue weighted by atomic mass is 10.1. The zero-order valence-corrected chi connectivity index (χ0v) is 22.2. The fourth-order valence-electron chi connectivity index (χ4n) is 4.66. The molecule has 1 aliphatic rings. The van der Waals surface area contributed by atoms with Crippen LogP contribution < -0.4 is 9.62 Å². The van der Waals surface area contributed by atoms with Crippen LogP contribution in [0.15, 0.2) is 42.5 Å². The van der Waals surface area contributed by atoms with E-state index in [0.29, 0.717) is 5.69 Å². The summed E-state index contributed by atoms with van der Waals surface area (Å²) in [5.41, 5.74) is 4.16. The lowest BCUT2D eigenvalue weighted by Crippen LogP contribution is -2.52. The molecule has 190 valence electrons. The molecule has 0 radical (unpaired) electrons. The summed E-state index contributed by atoms with van der Waals surface area (Å²) in [6.07, 6.45) is 5.16. The number of sulfonamides is 1. The summed E-state index contributed by atoms with van der Waals surface area (Å²) in [7, 11) is -3.74. The fourth-order valence-corrected chi connectivity index (χ4v) is 5.57. The van der Waals surface area contributed by atoms with E-state index in [-0.39, 0.29) is 25.0 Å². The van der Waals surface area contributed by atoms with Crippen molar-refractivity contribution in [3.05, 3.63) is 64.7 Å². The zero-order valence-electron chi connectivity index (χ0n) is 21.4. The predicted molar refractivity (Wildman–Crippen MR) is 140 cm³/mol. The average molecular weight is 500 g/mol. The highest BCUT2D eigenvalue weighted by Crippen LogP contribution is 2.24. The Bertz CT molecular complexity index is 1170. The Morgan fingerprint density at radius 3 is 2.29 bits per heavy atom. The van der Waals surface area contributed by atoms with Crippen molar-refractivity contribution in [3.8, 4) is 0 Å². The van der Waals surface area contributed by atoms with Crippen LogP contribution in [-0.2, 0) is 26.2 Å². The fraction of sp³-hybridized carbons (Fsp3) is 0.481. The molecule has 0 bridgehead atoms. The Morgan fingerprint density at radius 2 is 1.69 bits per heavy atom. The second-order valence-corrected chi connectivity index (χ2v) is 11.6. The minimum Gasteiger partial charge on any atom is -0.352 e. The van der Waals surface area contributed by atoms with Crippen LogP contribution in [0, 0.1) is 20.8 Å². The number of hydrogen-bond donors (Lipinski definition) is 1. The largest absolute Gasteiger partial charge is 0.352 e. The molecule has 35 heavy (non-hydrogen) atoms. The van der Waals surface area contributed by atoms with Crippen molar-refractivity contribution in [2.24, 2.45) is 0 Å². The van der Waals surface area contributed by atoms with Crippen LogP contribution in [0.4, 0.5) is 5.69 Å². The number of carbonyl (C=O) groups excluding carboxylic acids is 2. The van der Waals surface area contributed by atoms with Gasteiger partial charge in [0, 0.05) is 12.6 Å². The van der Waals surface area contributed by atoms with Gasteiger partial charge < -0.3 is 10.2 Å². The summed E-state index contributed by atoms with van der Waals surface area (Å²) in [4.78, 5) is 28.3. The monoisotopic (exact) mass is 499 g/mol. The molecule has 0 aliphatic heterocycles. The Hall–Kier alpha value is -2.87. The molecule has 0 spiro atoms. The van der Waals surface area contributed by atoms with Crippen molar-refractivity contribution < 1.29 is 18.0 Å². The van der Waals surface area contributed by atoms with Gasteiger partial charge in [-0.2, -0.15) is 0 Å². The normalized spacial score (nSPS) is 15.0. The van der Waals surface area contributed by atoms with Crippen LogP contribution in [0.5, 0.6) is 0 Å². The quantitative estimate of drug-likeness (QED) is 0.568. The first-order valence-electron chi connectivity index (χ1n) is 12.2. The summed E-state index contributed by atoms with van der Waals surface area (Å²) in [6, 6.07) is 12.6. The van der Waals surface area contributed by atoms with Gasteiger partial charge in [0.05, 0.1) is 11.9 Å². The van der Waals surface area contributed by atoms with Crippen molar-refractivity contribution in [2.75, 3.05) is 17.1 Å². The molecule has 2 amide bonds. The first kappa shape index (κ1) is 26.7. The van der Waals surface area contributed by atoms with Crippen LogP contribution in [0.2, 0.25) is 0 Å². The molecule has 2 aromatic carbocycles. The van der Waals surface area contributed by atoms with Crippen LogP contribution >= 0.6 is 0 Å². The van der Waals surface area contributed by atoms with E-state index < -0.39 is 22.0 Å². The lowest BCUT2D eigenvalue weighted by molar-refractivity contribution is -0.139. The number of nitrogens with one attached hydrogen (secondary N) is 1. The zero-order chi connectivity index (χ0) is 25.8. The molecule has 0 saturated heterocycles. The first-order valence-corrected chi connectivity index (χ1v) is 14.0. The minimum atomic E-state index is -3.74. The molecule has 2 aromatic rings. The molecule has 8 heteroatoms. The van der Waals surface area contributed by atoms with Gasteiger partial charge in [0.15, 0.2) is 0 Å². The summed E-state index contributed by atoms with van der Waals surface area (Å²) in [5.74, 6) is -0.638. The standard InChI is InChI=1S/C27H37N3O4S/c1-19-9-8-10-23(16-19)17-29(22(4)27(32)28-24-11-6-7-12-24)26(31)18-30(35(5,33)34)25-14-13-20(2)15-21(25)3/h8-10,13-16,22,24H,6-7,11-12,17-18H2,1-5H3,(H,28,32)/t22-/m0/s1. The summed E-state index contributed by atoms with van der Waals surface area (Å²) >= 11 is 0. The number of anilines is 1. The highest BCUT2D eigenvalue weighted by molar-refractivity contribution is 7.92. The van der Waals surface area contributed by atoms with Gasteiger partial charge >= 0.3 is 0 Å². The summed E-state index contributed by atoms with van der Waals surface area (Å²) < 4.78 is 26.6. The maximum Gasteiger partial charge on any atom is 0.244 e. The third kappa shape index (κ3) is 7.07. The van der Waals surface area contributed by atoms with Crippen molar-refractivity contribution in [2.45, 2.75) is 72.0 Å². The summed E-state index contributed by atoms with van der Waals surface area (Å²) in [5, 5.41) is 3.08. The van der Waals surface area contributed by atoms with E-state index in [1.807, 2.05) is 57.2 Å². The van der Waals surface area contributed by atoms with E-state index in [0.717, 1.165) is 58.5 Å². The maximum atomic E-state index is 13.7. The molecule has 1 N–H and O–H groups in total. The molecule has 1 fully saturated rings. The van der Waals surface area contributed by atoms with Gasteiger partial charge in [0.2, 0.25) is 21.8 Å². The number of rotatable bonds is 9. The van der Waals surface area contributed by atoms with Crippen LogP contribution in [-0.4, -0.2) is 50.0 Å². The Labute approximate surface area is 209 Å². The van der Waals surface area contributed by atoms with Gasteiger partial charge in [-0.15, -0.1) is 0 Å². The topological polar surface area (TPSA) is 86.8 Å². The van der Waals surface area contributed by atoms with Crippen LogP contribution in [0.25, 0.3) is 0 Å². The van der Waals surface area contributed by atoms with E-state index >= 15 is 0 Å². The molecule has 1 atom stereocenters. The van der Waals surface area contributed by atoms with Crippen LogP contribution in [0.1, 0.15) is 54.9 Å². The number of amides is 2. The van der Waals surface area contributed by atoms with Gasteiger partial charge in [-0.1, -0.05) is 60.4 Å². The minimum absolute atomic E-state index is 0.128. The molecule has 3 rings (SSSR count). The number of benzene rings is 2. The van der Waals surface area contributed by atoms with Crippen LogP contribution in [0.3, 0.4) is 0 Å².